The Morgan fingerprint density at radius 1 is 1.16 bits per heavy atom. The summed E-state index contributed by atoms with van der Waals surface area (Å²) in [5.74, 6) is -0.417. The summed E-state index contributed by atoms with van der Waals surface area (Å²) >= 11 is 0. The third kappa shape index (κ3) is 5.57. The first-order valence-corrected chi connectivity index (χ1v) is 9.49. The molecule has 3 amide bonds. The van der Waals surface area contributed by atoms with Gasteiger partial charge in [0.25, 0.3) is 5.69 Å². The lowest BCUT2D eigenvalue weighted by Gasteiger charge is -2.18. The fourth-order valence-corrected chi connectivity index (χ4v) is 3.09. The Labute approximate surface area is 177 Å². The van der Waals surface area contributed by atoms with E-state index in [1.807, 2.05) is 30.3 Å². The number of rotatable bonds is 8. The van der Waals surface area contributed by atoms with Gasteiger partial charge in [0, 0.05) is 47.9 Å². The molecule has 0 saturated carbocycles. The molecule has 10 heteroatoms. The van der Waals surface area contributed by atoms with E-state index >= 15 is 0 Å². The van der Waals surface area contributed by atoms with Gasteiger partial charge in [-0.2, -0.15) is 5.26 Å². The van der Waals surface area contributed by atoms with Crippen LogP contribution in [-0.4, -0.2) is 34.4 Å². The zero-order valence-electron chi connectivity index (χ0n) is 16.4. The topological polar surface area (TPSA) is 153 Å². The standard InChI is InChI=1S/C21H20N6O4/c22-10-3-11-23-20(28)19(12-14-13-24-18-5-2-1-4-17(14)18)26-21(29)25-15-6-8-16(9-7-15)27(30)31/h1-2,4-9,13,19,24H,3,11-12H2,(H,23,28)(H2,25,26,29). The van der Waals surface area contributed by atoms with E-state index in [-0.39, 0.29) is 25.1 Å². The number of carbonyl (C=O) groups is 2. The molecule has 10 nitrogen and oxygen atoms in total. The number of non-ortho nitro benzene ring substituents is 1. The normalized spacial score (nSPS) is 11.3. The first-order chi connectivity index (χ1) is 15.0. The predicted molar refractivity (Wildman–Crippen MR) is 114 cm³/mol. The number of fused-ring (bicyclic) bond motifs is 1. The van der Waals surface area contributed by atoms with E-state index < -0.39 is 22.9 Å². The fraction of sp³-hybridized carbons (Fsp3) is 0.190. The van der Waals surface area contributed by atoms with Gasteiger partial charge in [-0.1, -0.05) is 18.2 Å². The van der Waals surface area contributed by atoms with Crippen LogP contribution >= 0.6 is 0 Å². The van der Waals surface area contributed by atoms with Crippen LogP contribution in [0.2, 0.25) is 0 Å². The van der Waals surface area contributed by atoms with Crippen molar-refractivity contribution in [1.29, 1.82) is 5.26 Å². The van der Waals surface area contributed by atoms with Crippen LogP contribution in [0.5, 0.6) is 0 Å². The number of anilines is 1. The molecule has 1 heterocycles. The van der Waals surface area contributed by atoms with Gasteiger partial charge < -0.3 is 20.9 Å². The number of nitrogens with zero attached hydrogens (tertiary/aromatic N) is 2. The summed E-state index contributed by atoms with van der Waals surface area (Å²) in [5, 5.41) is 28.2. The number of aromatic nitrogens is 1. The number of benzene rings is 2. The maximum atomic E-state index is 12.6. The number of amides is 3. The predicted octanol–water partition coefficient (Wildman–Crippen LogP) is 2.84. The van der Waals surface area contributed by atoms with Gasteiger partial charge in [-0.25, -0.2) is 4.79 Å². The Hall–Kier alpha value is -4.39. The van der Waals surface area contributed by atoms with Crippen molar-refractivity contribution in [3.05, 3.63) is 70.4 Å². The molecule has 0 aliphatic carbocycles. The van der Waals surface area contributed by atoms with Crippen LogP contribution in [0.1, 0.15) is 12.0 Å². The van der Waals surface area contributed by atoms with Gasteiger partial charge >= 0.3 is 6.03 Å². The Morgan fingerprint density at radius 2 is 1.90 bits per heavy atom. The molecule has 0 radical (unpaired) electrons. The Balaban J connectivity index is 1.72. The third-order valence-corrected chi connectivity index (χ3v) is 4.59. The van der Waals surface area contributed by atoms with Gasteiger partial charge in [-0.3, -0.25) is 14.9 Å². The smallest absolute Gasteiger partial charge is 0.319 e. The minimum Gasteiger partial charge on any atom is -0.361 e. The number of hydrogen-bond donors (Lipinski definition) is 4. The van der Waals surface area contributed by atoms with Crippen molar-refractivity contribution in [2.24, 2.45) is 0 Å². The quantitative estimate of drug-likeness (QED) is 0.251. The molecule has 2 aromatic carbocycles. The van der Waals surface area contributed by atoms with Crippen LogP contribution in [-0.2, 0) is 11.2 Å². The van der Waals surface area contributed by atoms with Crippen molar-refractivity contribution < 1.29 is 14.5 Å². The number of nitriles is 1. The van der Waals surface area contributed by atoms with E-state index in [0.29, 0.717) is 5.69 Å². The summed E-state index contributed by atoms with van der Waals surface area (Å²) in [7, 11) is 0. The van der Waals surface area contributed by atoms with Gasteiger partial charge in [0.2, 0.25) is 5.91 Å². The summed E-state index contributed by atoms with van der Waals surface area (Å²) in [4.78, 5) is 38.5. The molecular formula is C21H20N6O4. The second-order valence-electron chi connectivity index (χ2n) is 6.72. The van der Waals surface area contributed by atoms with Crippen LogP contribution in [0.25, 0.3) is 10.9 Å². The molecule has 0 aliphatic heterocycles. The van der Waals surface area contributed by atoms with Crippen molar-refractivity contribution in [3.8, 4) is 6.07 Å². The average Bonchev–Trinajstić information content (AvgIpc) is 3.16. The lowest BCUT2D eigenvalue weighted by atomic mass is 10.0. The van der Waals surface area contributed by atoms with Gasteiger partial charge in [0.15, 0.2) is 0 Å². The van der Waals surface area contributed by atoms with Crippen molar-refractivity contribution in [1.82, 2.24) is 15.6 Å². The summed E-state index contributed by atoms with van der Waals surface area (Å²) < 4.78 is 0. The molecular weight excluding hydrogens is 400 g/mol. The number of nitrogens with one attached hydrogen (secondary N) is 4. The van der Waals surface area contributed by atoms with Crippen LogP contribution in [0.15, 0.2) is 54.7 Å². The number of carbonyl (C=O) groups excluding carboxylic acids is 2. The van der Waals surface area contributed by atoms with Crippen LogP contribution < -0.4 is 16.0 Å². The molecule has 1 unspecified atom stereocenters. The third-order valence-electron chi connectivity index (χ3n) is 4.59. The molecule has 0 aliphatic rings. The molecule has 0 bridgehead atoms. The summed E-state index contributed by atoms with van der Waals surface area (Å²) in [5.41, 5.74) is 2.02. The zero-order valence-corrected chi connectivity index (χ0v) is 16.4. The van der Waals surface area contributed by atoms with Gasteiger partial charge in [0.05, 0.1) is 17.4 Å². The second kappa shape index (κ2) is 9.89. The highest BCUT2D eigenvalue weighted by atomic mass is 16.6. The number of para-hydroxylation sites is 1. The van der Waals surface area contributed by atoms with E-state index in [4.69, 9.17) is 5.26 Å². The Kier molecular flexibility index (Phi) is 6.80. The fourth-order valence-electron chi connectivity index (χ4n) is 3.09. The zero-order chi connectivity index (χ0) is 22.2. The SMILES string of the molecule is N#CCCNC(=O)C(Cc1c[nH]c2ccccc12)NC(=O)Nc1ccc([N+](=O)[O-])cc1. The molecule has 0 fully saturated rings. The first-order valence-electron chi connectivity index (χ1n) is 9.49. The summed E-state index contributed by atoms with van der Waals surface area (Å²) in [6, 6.07) is 13.4. The molecule has 0 saturated heterocycles. The average molecular weight is 420 g/mol. The highest BCUT2D eigenvalue weighted by molar-refractivity contribution is 5.94. The number of nitro benzene ring substituents is 1. The van der Waals surface area contributed by atoms with Gasteiger partial charge in [0.1, 0.15) is 6.04 Å². The van der Waals surface area contributed by atoms with Crippen molar-refractivity contribution in [2.45, 2.75) is 18.9 Å². The minimum absolute atomic E-state index is 0.0972. The number of hydrogen-bond acceptors (Lipinski definition) is 5. The molecule has 3 aromatic rings. The summed E-state index contributed by atoms with van der Waals surface area (Å²) in [6.07, 6.45) is 2.17. The number of aromatic amines is 1. The Morgan fingerprint density at radius 3 is 2.61 bits per heavy atom. The molecule has 4 N–H and O–H groups in total. The van der Waals surface area contributed by atoms with E-state index in [1.54, 1.807) is 6.20 Å². The van der Waals surface area contributed by atoms with Crippen molar-refractivity contribution in [2.75, 3.05) is 11.9 Å². The van der Waals surface area contributed by atoms with E-state index in [0.717, 1.165) is 16.5 Å². The minimum atomic E-state index is -0.893. The van der Waals surface area contributed by atoms with E-state index in [1.165, 1.54) is 24.3 Å². The van der Waals surface area contributed by atoms with Crippen LogP contribution in [0.3, 0.4) is 0 Å². The van der Waals surface area contributed by atoms with Gasteiger partial charge in [-0.15, -0.1) is 0 Å². The maximum absolute atomic E-state index is 12.6. The second-order valence-corrected chi connectivity index (χ2v) is 6.72. The first kappa shape index (κ1) is 21.3. The highest BCUT2D eigenvalue weighted by Crippen LogP contribution is 2.19. The monoisotopic (exact) mass is 420 g/mol. The Bertz CT molecular complexity index is 1130. The van der Waals surface area contributed by atoms with Gasteiger partial charge in [-0.05, 0) is 23.8 Å². The molecule has 31 heavy (non-hydrogen) atoms. The van der Waals surface area contributed by atoms with E-state index in [2.05, 4.69) is 20.9 Å². The molecule has 158 valence electrons. The lowest BCUT2D eigenvalue weighted by Crippen LogP contribution is -2.49. The summed E-state index contributed by atoms with van der Waals surface area (Å²) in [6.45, 7) is 0.172. The van der Waals surface area contributed by atoms with Crippen LogP contribution in [0, 0.1) is 21.4 Å². The van der Waals surface area contributed by atoms with Crippen LogP contribution in [0.4, 0.5) is 16.2 Å². The van der Waals surface area contributed by atoms with Crippen molar-refractivity contribution >= 4 is 34.2 Å². The maximum Gasteiger partial charge on any atom is 0.319 e. The molecule has 0 spiro atoms. The van der Waals surface area contributed by atoms with Crippen molar-refractivity contribution in [3.63, 3.8) is 0 Å². The molecule has 1 aromatic heterocycles. The number of H-pyrrole nitrogens is 1. The molecule has 3 rings (SSSR count). The number of nitro groups is 1. The molecule has 1 atom stereocenters. The lowest BCUT2D eigenvalue weighted by molar-refractivity contribution is -0.384. The number of urea groups is 1. The largest absolute Gasteiger partial charge is 0.361 e. The van der Waals surface area contributed by atoms with E-state index in [9.17, 15) is 19.7 Å². The highest BCUT2D eigenvalue weighted by Gasteiger charge is 2.22.